The van der Waals surface area contributed by atoms with Crippen LogP contribution in [0.3, 0.4) is 0 Å². The Morgan fingerprint density at radius 1 is 1.10 bits per heavy atom. The number of nitrogens with zero attached hydrogens (tertiary/aromatic N) is 2. The second-order valence-corrected chi connectivity index (χ2v) is 5.27. The molecule has 4 rings (SSSR count). The van der Waals surface area contributed by atoms with Crippen molar-refractivity contribution in [2.75, 3.05) is 0 Å². The SMILES string of the molecule is C#CCn1c2ccc(Cl)cc2n2cc3ccccc3c12. The molecule has 0 amide bonds. The van der Waals surface area contributed by atoms with E-state index in [1.165, 1.54) is 10.8 Å². The molecule has 0 bridgehead atoms. The Morgan fingerprint density at radius 3 is 2.80 bits per heavy atom. The van der Waals surface area contributed by atoms with Crippen LogP contribution in [0.25, 0.3) is 27.5 Å². The smallest absolute Gasteiger partial charge is 0.126 e. The fourth-order valence-electron chi connectivity index (χ4n) is 2.89. The summed E-state index contributed by atoms with van der Waals surface area (Å²) in [5.41, 5.74) is 3.31. The van der Waals surface area contributed by atoms with Crippen molar-refractivity contribution >= 4 is 39.1 Å². The first-order chi connectivity index (χ1) is 9.79. The lowest BCUT2D eigenvalue weighted by Crippen LogP contribution is -1.94. The van der Waals surface area contributed by atoms with Gasteiger partial charge in [-0.1, -0.05) is 41.8 Å². The molecule has 0 spiro atoms. The molecule has 0 aliphatic heterocycles. The molecule has 0 radical (unpaired) electrons. The first-order valence-electron chi connectivity index (χ1n) is 6.40. The molecular weight excluding hydrogens is 268 g/mol. The summed E-state index contributed by atoms with van der Waals surface area (Å²) < 4.78 is 4.33. The molecule has 0 saturated carbocycles. The Bertz CT molecular complexity index is 999. The molecule has 0 fully saturated rings. The topological polar surface area (TPSA) is 9.34 Å². The van der Waals surface area contributed by atoms with Crippen molar-refractivity contribution < 1.29 is 0 Å². The van der Waals surface area contributed by atoms with Gasteiger partial charge in [0.05, 0.1) is 17.6 Å². The number of hydrogen-bond acceptors (Lipinski definition) is 0. The number of aromatic nitrogens is 2. The highest BCUT2D eigenvalue weighted by Crippen LogP contribution is 2.30. The Morgan fingerprint density at radius 2 is 1.95 bits per heavy atom. The van der Waals surface area contributed by atoms with Crippen LogP contribution in [0.4, 0.5) is 0 Å². The minimum atomic E-state index is 0.544. The highest BCUT2D eigenvalue weighted by molar-refractivity contribution is 6.31. The lowest BCUT2D eigenvalue weighted by molar-refractivity contribution is 0.913. The third-order valence-corrected chi connectivity index (χ3v) is 3.93. The lowest BCUT2D eigenvalue weighted by atomic mass is 10.2. The van der Waals surface area contributed by atoms with Crippen LogP contribution < -0.4 is 0 Å². The second-order valence-electron chi connectivity index (χ2n) is 4.83. The van der Waals surface area contributed by atoms with Gasteiger partial charge in [-0.25, -0.2) is 0 Å². The molecule has 0 unspecified atom stereocenters. The van der Waals surface area contributed by atoms with Crippen LogP contribution in [-0.2, 0) is 6.54 Å². The maximum atomic E-state index is 6.14. The van der Waals surface area contributed by atoms with E-state index < -0.39 is 0 Å². The highest BCUT2D eigenvalue weighted by Gasteiger charge is 2.13. The van der Waals surface area contributed by atoms with E-state index >= 15 is 0 Å². The minimum Gasteiger partial charge on any atom is -0.313 e. The van der Waals surface area contributed by atoms with Gasteiger partial charge in [-0.15, -0.1) is 6.42 Å². The number of imidazole rings is 1. The van der Waals surface area contributed by atoms with Crippen LogP contribution in [0.15, 0.2) is 48.7 Å². The van der Waals surface area contributed by atoms with E-state index in [0.717, 1.165) is 21.7 Å². The zero-order chi connectivity index (χ0) is 13.7. The van der Waals surface area contributed by atoms with Crippen LogP contribution >= 0.6 is 11.6 Å². The van der Waals surface area contributed by atoms with Gasteiger partial charge < -0.3 is 4.57 Å². The lowest BCUT2D eigenvalue weighted by Gasteiger charge is -2.01. The van der Waals surface area contributed by atoms with E-state index in [9.17, 15) is 0 Å². The predicted octanol–water partition coefficient (Wildman–Crippen LogP) is 4.33. The van der Waals surface area contributed by atoms with E-state index in [4.69, 9.17) is 18.0 Å². The molecule has 0 aliphatic carbocycles. The Hall–Kier alpha value is -2.37. The first kappa shape index (κ1) is 11.5. The Labute approximate surface area is 121 Å². The number of fused-ring (bicyclic) bond motifs is 5. The minimum absolute atomic E-state index is 0.544. The quantitative estimate of drug-likeness (QED) is 0.458. The highest BCUT2D eigenvalue weighted by atomic mass is 35.5. The third-order valence-electron chi connectivity index (χ3n) is 3.69. The van der Waals surface area contributed by atoms with Gasteiger partial charge in [-0.2, -0.15) is 0 Å². The summed E-state index contributed by atoms with van der Waals surface area (Å²) in [7, 11) is 0. The molecule has 96 valence electrons. The van der Waals surface area contributed by atoms with Crippen molar-refractivity contribution in [2.45, 2.75) is 6.54 Å². The average molecular weight is 279 g/mol. The van der Waals surface area contributed by atoms with Gasteiger partial charge in [-0.3, -0.25) is 4.40 Å². The molecule has 2 nitrogen and oxygen atoms in total. The number of benzene rings is 2. The number of halogens is 1. The van der Waals surface area contributed by atoms with Crippen LogP contribution in [-0.4, -0.2) is 8.97 Å². The van der Waals surface area contributed by atoms with Gasteiger partial charge in [0.25, 0.3) is 0 Å². The van der Waals surface area contributed by atoms with Gasteiger partial charge in [0.2, 0.25) is 0 Å². The molecule has 0 atom stereocenters. The van der Waals surface area contributed by atoms with Gasteiger partial charge in [0, 0.05) is 22.0 Å². The maximum absolute atomic E-state index is 6.14. The molecule has 2 heterocycles. The van der Waals surface area contributed by atoms with Crippen LogP contribution in [0, 0.1) is 12.3 Å². The molecule has 3 heteroatoms. The predicted molar refractivity (Wildman–Crippen MR) is 84.2 cm³/mol. The van der Waals surface area contributed by atoms with Crippen molar-refractivity contribution in [3.05, 3.63) is 53.7 Å². The number of rotatable bonds is 1. The largest absolute Gasteiger partial charge is 0.313 e. The zero-order valence-electron chi connectivity index (χ0n) is 10.7. The van der Waals surface area contributed by atoms with Gasteiger partial charge in [-0.05, 0) is 18.2 Å². The summed E-state index contributed by atoms with van der Waals surface area (Å²) in [4.78, 5) is 0. The van der Waals surface area contributed by atoms with Crippen LogP contribution in [0.5, 0.6) is 0 Å². The maximum Gasteiger partial charge on any atom is 0.126 e. The summed E-state index contributed by atoms with van der Waals surface area (Å²) in [6, 6.07) is 14.2. The summed E-state index contributed by atoms with van der Waals surface area (Å²) in [5.74, 6) is 2.74. The van der Waals surface area contributed by atoms with Gasteiger partial charge in [0.15, 0.2) is 0 Å². The summed E-state index contributed by atoms with van der Waals surface area (Å²) in [6.45, 7) is 0.544. The molecular formula is C17H11ClN2. The van der Waals surface area contributed by atoms with Crippen molar-refractivity contribution in [1.29, 1.82) is 0 Å². The monoisotopic (exact) mass is 278 g/mol. The Balaban J connectivity index is 2.30. The van der Waals surface area contributed by atoms with Crippen LogP contribution in [0.2, 0.25) is 5.02 Å². The van der Waals surface area contributed by atoms with E-state index in [2.05, 4.69) is 33.2 Å². The summed E-state index contributed by atoms with van der Waals surface area (Å²) in [5, 5.41) is 3.14. The van der Waals surface area contributed by atoms with Crippen molar-refractivity contribution in [2.24, 2.45) is 0 Å². The first-order valence-corrected chi connectivity index (χ1v) is 6.78. The van der Waals surface area contributed by atoms with Gasteiger partial charge in [0.1, 0.15) is 5.65 Å². The fraction of sp³-hybridized carbons (Fsp3) is 0.0588. The normalized spacial score (nSPS) is 11.4. The fourth-order valence-corrected chi connectivity index (χ4v) is 3.05. The standard InChI is InChI=1S/C17H11ClN2/c1-2-9-19-15-8-7-13(18)10-16(15)20-11-12-5-3-4-6-14(12)17(19)20/h1,3-8,10-11H,9H2. The average Bonchev–Trinajstić information content (AvgIpc) is 2.96. The van der Waals surface area contributed by atoms with E-state index in [-0.39, 0.29) is 0 Å². The van der Waals surface area contributed by atoms with E-state index in [1.807, 2.05) is 30.3 Å². The molecule has 2 aromatic heterocycles. The second kappa shape index (κ2) is 4.06. The summed E-state index contributed by atoms with van der Waals surface area (Å²) >= 11 is 6.14. The number of terminal acetylenes is 1. The number of hydrogen-bond donors (Lipinski definition) is 0. The van der Waals surface area contributed by atoms with E-state index in [1.54, 1.807) is 0 Å². The molecule has 20 heavy (non-hydrogen) atoms. The molecule has 0 N–H and O–H groups in total. The van der Waals surface area contributed by atoms with Crippen molar-refractivity contribution in [3.8, 4) is 12.3 Å². The molecule has 4 aromatic rings. The van der Waals surface area contributed by atoms with E-state index in [0.29, 0.717) is 6.54 Å². The molecule has 2 aromatic carbocycles. The Kier molecular flexibility index (Phi) is 2.33. The van der Waals surface area contributed by atoms with Crippen molar-refractivity contribution in [3.63, 3.8) is 0 Å². The van der Waals surface area contributed by atoms with Gasteiger partial charge >= 0.3 is 0 Å². The van der Waals surface area contributed by atoms with Crippen LogP contribution in [0.1, 0.15) is 0 Å². The summed E-state index contributed by atoms with van der Waals surface area (Å²) in [6.07, 6.45) is 7.67. The molecule has 0 aliphatic rings. The van der Waals surface area contributed by atoms with Crippen molar-refractivity contribution in [1.82, 2.24) is 8.97 Å². The third kappa shape index (κ3) is 1.41. The molecule has 0 saturated heterocycles. The zero-order valence-corrected chi connectivity index (χ0v) is 11.4.